The molecule has 106 valence electrons. The highest BCUT2D eigenvalue weighted by atomic mass is 16.5. The van der Waals surface area contributed by atoms with Gasteiger partial charge in [0.1, 0.15) is 0 Å². The van der Waals surface area contributed by atoms with Crippen molar-refractivity contribution in [1.29, 1.82) is 5.26 Å². The molecule has 0 aliphatic heterocycles. The molecule has 0 saturated heterocycles. The molecule has 0 bridgehead atoms. The molecule has 1 aromatic rings. The van der Waals surface area contributed by atoms with Gasteiger partial charge in [-0.2, -0.15) is 5.26 Å². The maximum absolute atomic E-state index is 8.54. The zero-order valence-corrected chi connectivity index (χ0v) is 12.2. The number of benzene rings is 1. The number of hydrogen-bond acceptors (Lipinski definition) is 2. The van der Waals surface area contributed by atoms with Crippen molar-refractivity contribution in [3.63, 3.8) is 0 Å². The van der Waals surface area contributed by atoms with Gasteiger partial charge in [-0.05, 0) is 49.1 Å². The van der Waals surface area contributed by atoms with Crippen LogP contribution in [0.3, 0.4) is 0 Å². The largest absolute Gasteiger partial charge is 0.374 e. The Kier molecular flexibility index (Phi) is 5.83. The standard InChI is InChI=1S/C18H23NO/c1-2-15-5-7-17(8-6-15)14-20-18-11-9-16(10-12-18)4-3-13-19/h3-8,16,18H,2,9-12,14H2,1H3/b4-3+/t16-,18-. The fourth-order valence-corrected chi connectivity index (χ4v) is 2.71. The second-order valence-corrected chi connectivity index (χ2v) is 5.51. The van der Waals surface area contributed by atoms with Crippen molar-refractivity contribution in [1.82, 2.24) is 0 Å². The number of nitrogens with zero attached hydrogens (tertiary/aromatic N) is 1. The van der Waals surface area contributed by atoms with E-state index in [9.17, 15) is 0 Å². The lowest BCUT2D eigenvalue weighted by Crippen LogP contribution is -2.20. The Morgan fingerprint density at radius 2 is 1.80 bits per heavy atom. The van der Waals surface area contributed by atoms with Crippen LogP contribution in [0, 0.1) is 17.2 Å². The Balaban J connectivity index is 1.73. The lowest BCUT2D eigenvalue weighted by molar-refractivity contribution is 0.0110. The minimum atomic E-state index is 0.382. The van der Waals surface area contributed by atoms with E-state index in [1.807, 2.05) is 6.08 Å². The average molecular weight is 269 g/mol. The SMILES string of the molecule is CCc1ccc(CO[C@H]2CC[C@H](/C=C/C#N)CC2)cc1. The predicted molar refractivity (Wildman–Crippen MR) is 81.1 cm³/mol. The normalized spacial score (nSPS) is 22.8. The zero-order valence-electron chi connectivity index (χ0n) is 12.2. The van der Waals surface area contributed by atoms with Crippen LogP contribution in [0.25, 0.3) is 0 Å². The van der Waals surface area contributed by atoms with Gasteiger partial charge in [-0.3, -0.25) is 0 Å². The predicted octanol–water partition coefficient (Wildman–Crippen LogP) is 4.40. The molecule has 0 spiro atoms. The van der Waals surface area contributed by atoms with Gasteiger partial charge in [0.15, 0.2) is 0 Å². The summed E-state index contributed by atoms with van der Waals surface area (Å²) in [5.74, 6) is 0.568. The van der Waals surface area contributed by atoms with E-state index < -0.39 is 0 Å². The molecule has 0 unspecified atom stereocenters. The number of rotatable bonds is 5. The highest BCUT2D eigenvalue weighted by Gasteiger charge is 2.19. The molecular weight excluding hydrogens is 246 g/mol. The van der Waals surface area contributed by atoms with E-state index in [4.69, 9.17) is 10.00 Å². The van der Waals surface area contributed by atoms with Gasteiger partial charge in [0.25, 0.3) is 0 Å². The maximum atomic E-state index is 8.54. The topological polar surface area (TPSA) is 33.0 Å². The van der Waals surface area contributed by atoms with Crippen LogP contribution >= 0.6 is 0 Å². The van der Waals surface area contributed by atoms with Crippen LogP contribution in [0.15, 0.2) is 36.4 Å². The quantitative estimate of drug-likeness (QED) is 0.742. The maximum Gasteiger partial charge on any atom is 0.0908 e. The van der Waals surface area contributed by atoms with Crippen LogP contribution in [-0.4, -0.2) is 6.10 Å². The smallest absolute Gasteiger partial charge is 0.0908 e. The summed E-state index contributed by atoms with van der Waals surface area (Å²) in [4.78, 5) is 0. The van der Waals surface area contributed by atoms with Crippen molar-refractivity contribution >= 4 is 0 Å². The van der Waals surface area contributed by atoms with Crippen molar-refractivity contribution in [2.45, 2.75) is 51.7 Å². The minimum absolute atomic E-state index is 0.382. The summed E-state index contributed by atoms with van der Waals surface area (Å²) in [7, 11) is 0. The second kappa shape index (κ2) is 7.87. The molecule has 1 saturated carbocycles. The average Bonchev–Trinajstić information content (AvgIpc) is 2.52. The van der Waals surface area contributed by atoms with Gasteiger partial charge in [0.2, 0.25) is 0 Å². The van der Waals surface area contributed by atoms with Gasteiger partial charge >= 0.3 is 0 Å². The zero-order chi connectivity index (χ0) is 14.2. The van der Waals surface area contributed by atoms with Gasteiger partial charge in [0.05, 0.1) is 18.8 Å². The molecule has 1 aromatic carbocycles. The molecule has 0 aromatic heterocycles. The molecule has 1 aliphatic rings. The molecule has 2 rings (SSSR count). The van der Waals surface area contributed by atoms with Crippen LogP contribution in [0.2, 0.25) is 0 Å². The lowest BCUT2D eigenvalue weighted by atomic mass is 9.87. The molecule has 0 heterocycles. The Morgan fingerprint density at radius 3 is 2.40 bits per heavy atom. The van der Waals surface area contributed by atoms with Gasteiger partial charge in [0, 0.05) is 6.08 Å². The van der Waals surface area contributed by atoms with Crippen molar-refractivity contribution < 1.29 is 4.74 Å². The van der Waals surface area contributed by atoms with E-state index in [1.54, 1.807) is 6.08 Å². The number of allylic oxidation sites excluding steroid dienone is 2. The van der Waals surface area contributed by atoms with Gasteiger partial charge in [-0.15, -0.1) is 0 Å². The van der Waals surface area contributed by atoms with E-state index in [0.717, 1.165) is 32.1 Å². The molecule has 0 atom stereocenters. The molecule has 0 radical (unpaired) electrons. The Hall–Kier alpha value is -1.59. The summed E-state index contributed by atoms with van der Waals surface area (Å²) in [5, 5.41) is 8.54. The lowest BCUT2D eigenvalue weighted by Gasteiger charge is -2.26. The molecule has 20 heavy (non-hydrogen) atoms. The second-order valence-electron chi connectivity index (χ2n) is 5.51. The molecule has 0 amide bonds. The van der Waals surface area contributed by atoms with E-state index >= 15 is 0 Å². The number of ether oxygens (including phenoxy) is 1. The number of aryl methyl sites for hydroxylation is 1. The first-order valence-electron chi connectivity index (χ1n) is 7.57. The molecular formula is C18H23NO. The Morgan fingerprint density at radius 1 is 1.15 bits per heavy atom. The summed E-state index contributed by atoms with van der Waals surface area (Å²) in [6.07, 6.45) is 9.60. The van der Waals surface area contributed by atoms with Crippen molar-refractivity contribution in [3.8, 4) is 6.07 Å². The van der Waals surface area contributed by atoms with Crippen molar-refractivity contribution in [2.75, 3.05) is 0 Å². The number of nitriles is 1. The van der Waals surface area contributed by atoms with Gasteiger partial charge in [-0.1, -0.05) is 37.3 Å². The third-order valence-electron chi connectivity index (χ3n) is 4.08. The monoisotopic (exact) mass is 269 g/mol. The molecule has 2 nitrogen and oxygen atoms in total. The van der Waals surface area contributed by atoms with Crippen LogP contribution in [0.4, 0.5) is 0 Å². The fraction of sp³-hybridized carbons (Fsp3) is 0.500. The van der Waals surface area contributed by atoms with Crippen LogP contribution < -0.4 is 0 Å². The van der Waals surface area contributed by atoms with E-state index in [2.05, 4.69) is 37.3 Å². The van der Waals surface area contributed by atoms with Crippen molar-refractivity contribution in [3.05, 3.63) is 47.5 Å². The third-order valence-corrected chi connectivity index (χ3v) is 4.08. The van der Waals surface area contributed by atoms with Crippen LogP contribution in [0.1, 0.15) is 43.7 Å². The summed E-state index contributed by atoms with van der Waals surface area (Å²) in [6, 6.07) is 10.8. The van der Waals surface area contributed by atoms with Crippen molar-refractivity contribution in [2.24, 2.45) is 5.92 Å². The van der Waals surface area contributed by atoms with Crippen LogP contribution in [0.5, 0.6) is 0 Å². The Labute approximate surface area is 122 Å². The van der Waals surface area contributed by atoms with E-state index in [1.165, 1.54) is 11.1 Å². The molecule has 0 N–H and O–H groups in total. The molecule has 2 heteroatoms. The minimum Gasteiger partial charge on any atom is -0.374 e. The van der Waals surface area contributed by atoms with Crippen LogP contribution in [-0.2, 0) is 17.8 Å². The third kappa shape index (κ3) is 4.51. The number of hydrogen-bond donors (Lipinski definition) is 0. The molecule has 1 fully saturated rings. The first kappa shape index (κ1) is 14.8. The first-order chi connectivity index (χ1) is 9.81. The fourth-order valence-electron chi connectivity index (χ4n) is 2.71. The summed E-state index contributed by atoms with van der Waals surface area (Å²) in [6.45, 7) is 2.89. The first-order valence-corrected chi connectivity index (χ1v) is 7.57. The van der Waals surface area contributed by atoms with E-state index in [-0.39, 0.29) is 0 Å². The van der Waals surface area contributed by atoms with Gasteiger partial charge < -0.3 is 4.74 Å². The summed E-state index contributed by atoms with van der Waals surface area (Å²) >= 11 is 0. The summed E-state index contributed by atoms with van der Waals surface area (Å²) in [5.41, 5.74) is 2.63. The Bertz CT molecular complexity index is 461. The highest BCUT2D eigenvalue weighted by Crippen LogP contribution is 2.27. The molecule has 1 aliphatic carbocycles. The van der Waals surface area contributed by atoms with E-state index in [0.29, 0.717) is 18.6 Å². The summed E-state index contributed by atoms with van der Waals surface area (Å²) < 4.78 is 6.01. The highest BCUT2D eigenvalue weighted by molar-refractivity contribution is 5.21. The van der Waals surface area contributed by atoms with Gasteiger partial charge in [-0.25, -0.2) is 0 Å².